The molecule has 0 unspecified atom stereocenters. The first-order valence-corrected chi connectivity index (χ1v) is 11.5. The number of benzene rings is 2. The van der Waals surface area contributed by atoms with Gasteiger partial charge in [0.2, 0.25) is 0 Å². The van der Waals surface area contributed by atoms with Gasteiger partial charge in [0.1, 0.15) is 5.76 Å². The molecule has 6 nitrogen and oxygen atoms in total. The van der Waals surface area contributed by atoms with Crippen LogP contribution in [0.2, 0.25) is 10.0 Å². The lowest BCUT2D eigenvalue weighted by Crippen LogP contribution is -2.38. The maximum atomic E-state index is 13.3. The second-order valence-electron chi connectivity index (χ2n) is 7.53. The van der Waals surface area contributed by atoms with E-state index in [0.29, 0.717) is 53.4 Å². The van der Waals surface area contributed by atoms with E-state index in [2.05, 4.69) is 10.6 Å². The van der Waals surface area contributed by atoms with Crippen LogP contribution in [0.1, 0.15) is 16.1 Å². The summed E-state index contributed by atoms with van der Waals surface area (Å²) in [6.07, 6.45) is -4.54. The first-order valence-electron chi connectivity index (χ1n) is 10.3. The summed E-state index contributed by atoms with van der Waals surface area (Å²) in [4.78, 5) is 14.5. The Morgan fingerprint density at radius 1 is 1.00 bits per heavy atom. The second-order valence-corrected chi connectivity index (χ2v) is 8.75. The molecule has 184 valence electrons. The number of hydrogen-bond donors (Lipinski definition) is 2. The number of nitrogens with one attached hydrogen (secondary N) is 2. The molecule has 1 saturated heterocycles. The van der Waals surface area contributed by atoms with Crippen molar-refractivity contribution in [3.63, 3.8) is 0 Å². The van der Waals surface area contributed by atoms with E-state index in [9.17, 15) is 18.0 Å². The molecule has 0 radical (unpaired) electrons. The number of furan rings is 1. The van der Waals surface area contributed by atoms with Crippen molar-refractivity contribution in [3.05, 3.63) is 69.9 Å². The van der Waals surface area contributed by atoms with Crippen molar-refractivity contribution in [1.29, 1.82) is 0 Å². The number of thiocarbonyl (C=S) groups is 1. The number of carbonyl (C=O) groups is 1. The van der Waals surface area contributed by atoms with Crippen LogP contribution in [0.25, 0.3) is 11.3 Å². The van der Waals surface area contributed by atoms with Crippen LogP contribution in [0.15, 0.2) is 52.9 Å². The molecular weight excluding hydrogens is 526 g/mol. The molecule has 12 heteroatoms. The highest BCUT2D eigenvalue weighted by Crippen LogP contribution is 2.36. The molecule has 0 spiro atoms. The van der Waals surface area contributed by atoms with Gasteiger partial charge in [-0.05, 0) is 60.7 Å². The van der Waals surface area contributed by atoms with Crippen LogP contribution in [0.3, 0.4) is 0 Å². The van der Waals surface area contributed by atoms with Gasteiger partial charge in [-0.25, -0.2) is 0 Å². The van der Waals surface area contributed by atoms with Gasteiger partial charge in [-0.3, -0.25) is 10.1 Å². The van der Waals surface area contributed by atoms with Gasteiger partial charge in [-0.2, -0.15) is 13.2 Å². The zero-order chi connectivity index (χ0) is 25.2. The van der Waals surface area contributed by atoms with Crippen molar-refractivity contribution in [2.45, 2.75) is 6.18 Å². The third-order valence-corrected chi connectivity index (χ3v) is 6.13. The molecule has 0 bridgehead atoms. The highest BCUT2D eigenvalue weighted by Gasteiger charge is 2.32. The molecule has 2 N–H and O–H groups in total. The molecule has 0 atom stereocenters. The lowest BCUT2D eigenvalue weighted by atomic mass is 10.1. The zero-order valence-electron chi connectivity index (χ0n) is 17.9. The molecule has 1 aliphatic heterocycles. The summed E-state index contributed by atoms with van der Waals surface area (Å²) in [6.45, 7) is 1.90. The van der Waals surface area contributed by atoms with Gasteiger partial charge in [0.15, 0.2) is 10.9 Å². The van der Waals surface area contributed by atoms with Crippen LogP contribution in [-0.2, 0) is 10.9 Å². The monoisotopic (exact) mass is 543 g/mol. The summed E-state index contributed by atoms with van der Waals surface area (Å²) in [5, 5.41) is 5.67. The summed E-state index contributed by atoms with van der Waals surface area (Å²) < 4.78 is 50.8. The van der Waals surface area contributed by atoms with Gasteiger partial charge in [0.25, 0.3) is 5.91 Å². The van der Waals surface area contributed by atoms with Crippen LogP contribution < -0.4 is 15.5 Å². The van der Waals surface area contributed by atoms with Crippen LogP contribution in [0.4, 0.5) is 24.5 Å². The average Bonchev–Trinajstić information content (AvgIpc) is 3.31. The zero-order valence-corrected chi connectivity index (χ0v) is 20.2. The van der Waals surface area contributed by atoms with Crippen molar-refractivity contribution in [3.8, 4) is 11.3 Å². The lowest BCUT2D eigenvalue weighted by molar-refractivity contribution is -0.137. The Morgan fingerprint density at radius 3 is 2.43 bits per heavy atom. The molecule has 3 aromatic rings. The van der Waals surface area contributed by atoms with Crippen molar-refractivity contribution in [1.82, 2.24) is 5.32 Å². The van der Waals surface area contributed by atoms with Crippen molar-refractivity contribution in [2.75, 3.05) is 36.5 Å². The summed E-state index contributed by atoms with van der Waals surface area (Å²) >= 11 is 17.2. The Bertz CT molecular complexity index is 1260. The van der Waals surface area contributed by atoms with E-state index in [1.54, 1.807) is 24.3 Å². The van der Waals surface area contributed by atoms with Crippen LogP contribution in [0, 0.1) is 0 Å². The molecular formula is C23H18Cl2F3N3O3S. The van der Waals surface area contributed by atoms with E-state index in [4.69, 9.17) is 44.6 Å². The fourth-order valence-corrected chi connectivity index (χ4v) is 3.98. The number of amides is 1. The summed E-state index contributed by atoms with van der Waals surface area (Å²) in [7, 11) is 0. The molecule has 2 aromatic carbocycles. The van der Waals surface area contributed by atoms with Gasteiger partial charge in [-0.15, -0.1) is 0 Å². The molecule has 0 aliphatic carbocycles. The van der Waals surface area contributed by atoms with E-state index in [0.717, 1.165) is 12.1 Å². The number of ether oxygens (including phenoxy) is 1. The number of carbonyl (C=O) groups excluding carboxylic acids is 1. The third kappa shape index (κ3) is 6.07. The van der Waals surface area contributed by atoms with Crippen molar-refractivity contribution < 1.29 is 27.1 Å². The van der Waals surface area contributed by atoms with E-state index < -0.39 is 17.6 Å². The maximum absolute atomic E-state index is 13.3. The van der Waals surface area contributed by atoms with Crippen molar-refractivity contribution in [2.24, 2.45) is 0 Å². The molecule has 2 heterocycles. The largest absolute Gasteiger partial charge is 0.451 e. The van der Waals surface area contributed by atoms with E-state index in [-0.39, 0.29) is 16.6 Å². The van der Waals surface area contributed by atoms with Crippen LogP contribution >= 0.6 is 35.4 Å². The van der Waals surface area contributed by atoms with Crippen molar-refractivity contribution >= 4 is 57.8 Å². The normalized spacial score (nSPS) is 14.0. The van der Waals surface area contributed by atoms with Gasteiger partial charge >= 0.3 is 6.18 Å². The molecule has 4 rings (SSSR count). The second kappa shape index (κ2) is 10.4. The summed E-state index contributed by atoms with van der Waals surface area (Å²) in [5.74, 6) is -0.346. The molecule has 1 fully saturated rings. The first kappa shape index (κ1) is 25.3. The topological polar surface area (TPSA) is 66.7 Å². The number of rotatable bonds is 4. The minimum absolute atomic E-state index is 0.0485. The molecule has 35 heavy (non-hydrogen) atoms. The Labute approximate surface area is 213 Å². The minimum atomic E-state index is -4.54. The number of hydrogen-bond acceptors (Lipinski definition) is 5. The fourth-order valence-electron chi connectivity index (χ4n) is 3.48. The van der Waals surface area contributed by atoms with Crippen LogP contribution in [0.5, 0.6) is 0 Å². The average molecular weight is 544 g/mol. The Kier molecular flexibility index (Phi) is 7.56. The van der Waals surface area contributed by atoms with E-state index in [1.165, 1.54) is 12.1 Å². The highest BCUT2D eigenvalue weighted by atomic mass is 35.5. The van der Waals surface area contributed by atoms with Crippen LogP contribution in [-0.4, -0.2) is 37.3 Å². The smallest absolute Gasteiger partial charge is 0.416 e. The highest BCUT2D eigenvalue weighted by molar-refractivity contribution is 7.80. The summed E-state index contributed by atoms with van der Waals surface area (Å²) in [5.41, 5.74) is 0.391. The molecule has 1 aliphatic rings. The predicted molar refractivity (Wildman–Crippen MR) is 132 cm³/mol. The van der Waals surface area contributed by atoms with Gasteiger partial charge in [0.05, 0.1) is 40.2 Å². The number of nitrogens with zero attached hydrogens (tertiary/aromatic N) is 1. The quantitative estimate of drug-likeness (QED) is 0.380. The fraction of sp³-hybridized carbons (Fsp3) is 0.217. The Morgan fingerprint density at radius 2 is 1.74 bits per heavy atom. The lowest BCUT2D eigenvalue weighted by Gasteiger charge is -2.31. The Hall–Kier alpha value is -2.79. The van der Waals surface area contributed by atoms with E-state index in [1.807, 2.05) is 4.90 Å². The van der Waals surface area contributed by atoms with E-state index >= 15 is 0 Å². The van der Waals surface area contributed by atoms with Gasteiger partial charge < -0.3 is 19.4 Å². The molecule has 1 amide bonds. The first-order chi connectivity index (χ1) is 16.6. The number of alkyl halides is 3. The summed E-state index contributed by atoms with van der Waals surface area (Å²) in [6, 6.07) is 11.2. The Balaban J connectivity index is 1.50. The van der Waals surface area contributed by atoms with Gasteiger partial charge in [0, 0.05) is 18.7 Å². The number of morpholine rings is 1. The predicted octanol–water partition coefficient (Wildman–Crippen LogP) is 6.24. The number of anilines is 2. The molecule has 0 saturated carbocycles. The SMILES string of the molecule is O=C(NC(=S)Nc1cc(C(F)(F)F)ccc1N1CCOCC1)c1ccc(-c2ccc(Cl)c(Cl)c2)o1. The third-order valence-electron chi connectivity index (χ3n) is 5.18. The minimum Gasteiger partial charge on any atom is -0.451 e. The van der Waals surface area contributed by atoms with Gasteiger partial charge in [-0.1, -0.05) is 23.2 Å². The maximum Gasteiger partial charge on any atom is 0.416 e. The molecule has 1 aromatic heterocycles. The standard InChI is InChI=1S/C23H18Cl2F3N3O3S/c24-15-3-1-13(11-16(15)25)19-5-6-20(34-19)21(32)30-22(35)29-17-12-14(23(26,27)28)2-4-18(17)31-7-9-33-10-8-31/h1-6,11-12H,7-10H2,(H2,29,30,32,35). The number of halogens is 5.